The molecule has 0 N–H and O–H groups in total. The Balaban J connectivity index is 1.74. The van der Waals surface area contributed by atoms with E-state index in [-0.39, 0.29) is 0 Å². The molecular weight excluding hydrogens is 354 g/mol. The molecule has 5 rings (SSSR count). The van der Waals surface area contributed by atoms with Gasteiger partial charge in [-0.25, -0.2) is 14.6 Å². The van der Waals surface area contributed by atoms with E-state index in [0.29, 0.717) is 5.56 Å². The van der Waals surface area contributed by atoms with Crippen LogP contribution < -0.4 is 4.90 Å². The number of nitrogens with zero attached hydrogens (tertiary/aromatic N) is 7. The summed E-state index contributed by atoms with van der Waals surface area (Å²) in [5.74, 6) is 0.922. The Bertz CT molecular complexity index is 1190. The van der Waals surface area contributed by atoms with Gasteiger partial charge in [0, 0.05) is 43.9 Å². The highest BCUT2D eigenvalue weighted by atomic mass is 16.1. The third-order valence-corrected chi connectivity index (χ3v) is 5.27. The summed E-state index contributed by atoms with van der Waals surface area (Å²) in [5, 5.41) is 10.2. The fourth-order valence-corrected chi connectivity index (χ4v) is 3.70. The lowest BCUT2D eigenvalue weighted by atomic mass is 10.0. The number of benzene rings is 1. The van der Waals surface area contributed by atoms with Gasteiger partial charge in [-0.05, 0) is 6.42 Å². The van der Waals surface area contributed by atoms with Crippen molar-refractivity contribution in [1.29, 1.82) is 0 Å². The molecule has 3 aromatic heterocycles. The normalized spacial score (nSPS) is 13.7. The Hall–Kier alpha value is -3.55. The topological polar surface area (TPSA) is 81.7 Å². The predicted molar refractivity (Wildman–Crippen MR) is 106 cm³/mol. The molecule has 8 nitrogen and oxygen atoms in total. The Labute approximate surface area is 161 Å². The number of aldehydes is 1. The molecule has 4 aromatic rings. The van der Waals surface area contributed by atoms with Gasteiger partial charge < -0.3 is 4.90 Å². The number of anilines is 1. The molecule has 4 heterocycles. The van der Waals surface area contributed by atoms with Gasteiger partial charge in [-0.2, -0.15) is 10.2 Å². The van der Waals surface area contributed by atoms with Gasteiger partial charge in [0.1, 0.15) is 24.1 Å². The zero-order chi connectivity index (χ0) is 19.3. The summed E-state index contributed by atoms with van der Waals surface area (Å²) >= 11 is 0. The molecule has 28 heavy (non-hydrogen) atoms. The Morgan fingerprint density at radius 2 is 1.82 bits per heavy atom. The molecule has 0 saturated carbocycles. The summed E-state index contributed by atoms with van der Waals surface area (Å²) in [6, 6.07) is 7.49. The average Bonchev–Trinajstić information content (AvgIpc) is 3.21. The lowest BCUT2D eigenvalue weighted by molar-refractivity contribution is 0.112. The number of aryl methyl sites for hydroxylation is 2. The molecule has 140 valence electrons. The number of fused-ring (bicyclic) bond motifs is 1. The van der Waals surface area contributed by atoms with Crippen molar-refractivity contribution < 1.29 is 4.79 Å². The second-order valence-corrected chi connectivity index (χ2v) is 6.98. The van der Waals surface area contributed by atoms with Crippen LogP contribution in [0.15, 0.2) is 36.8 Å². The molecule has 1 aromatic carbocycles. The number of rotatable bonds is 4. The van der Waals surface area contributed by atoms with Crippen LogP contribution in [-0.4, -0.2) is 48.9 Å². The van der Waals surface area contributed by atoms with E-state index in [1.165, 1.54) is 6.42 Å². The third kappa shape index (κ3) is 2.41. The first-order valence-electron chi connectivity index (χ1n) is 9.18. The van der Waals surface area contributed by atoms with Gasteiger partial charge in [-0.3, -0.25) is 9.48 Å². The maximum Gasteiger partial charge on any atom is 0.163 e. The van der Waals surface area contributed by atoms with Crippen molar-refractivity contribution in [3.8, 4) is 22.5 Å². The van der Waals surface area contributed by atoms with E-state index < -0.39 is 0 Å². The second-order valence-electron chi connectivity index (χ2n) is 6.98. The standard InChI is InChI=1S/C20H19N7O/c1-25-18(14-6-4-13(11-28)5-7-14)15(10-23-25)17-16-19(26(2)24-17)21-12-22-20(16)27-8-3-9-27/h4-7,10-12H,3,8-9H2,1-2H3. The van der Waals surface area contributed by atoms with Crippen molar-refractivity contribution in [3.05, 3.63) is 42.4 Å². The van der Waals surface area contributed by atoms with Crippen LogP contribution in [0.25, 0.3) is 33.5 Å². The Morgan fingerprint density at radius 1 is 1.04 bits per heavy atom. The van der Waals surface area contributed by atoms with Crippen LogP contribution in [0.5, 0.6) is 0 Å². The minimum atomic E-state index is 0.643. The van der Waals surface area contributed by atoms with Gasteiger partial charge >= 0.3 is 0 Å². The van der Waals surface area contributed by atoms with E-state index >= 15 is 0 Å². The SMILES string of the molecule is Cn1ncc(-c2nn(C)c3ncnc(N4CCC4)c23)c1-c1ccc(C=O)cc1. The van der Waals surface area contributed by atoms with Crippen molar-refractivity contribution >= 4 is 23.1 Å². The smallest absolute Gasteiger partial charge is 0.163 e. The minimum Gasteiger partial charge on any atom is -0.356 e. The van der Waals surface area contributed by atoms with Crippen LogP contribution in [0.2, 0.25) is 0 Å². The van der Waals surface area contributed by atoms with Crippen LogP contribution in [0.1, 0.15) is 16.8 Å². The number of hydrogen-bond acceptors (Lipinski definition) is 6. The Kier molecular flexibility index (Phi) is 3.71. The third-order valence-electron chi connectivity index (χ3n) is 5.27. The van der Waals surface area contributed by atoms with E-state index in [1.807, 2.05) is 49.2 Å². The van der Waals surface area contributed by atoms with Crippen LogP contribution in [0.3, 0.4) is 0 Å². The highest BCUT2D eigenvalue weighted by Crippen LogP contribution is 2.38. The predicted octanol–water partition coefficient (Wildman–Crippen LogP) is 2.45. The zero-order valence-corrected chi connectivity index (χ0v) is 15.7. The number of hydrogen-bond donors (Lipinski definition) is 0. The summed E-state index contributed by atoms with van der Waals surface area (Å²) in [6.07, 6.45) is 5.45. The summed E-state index contributed by atoms with van der Waals surface area (Å²) in [6.45, 7) is 1.99. The van der Waals surface area contributed by atoms with Crippen LogP contribution >= 0.6 is 0 Å². The summed E-state index contributed by atoms with van der Waals surface area (Å²) in [5.41, 5.74) is 5.10. The molecule has 1 aliphatic rings. The number of aromatic nitrogens is 6. The molecule has 1 fully saturated rings. The van der Waals surface area contributed by atoms with Gasteiger partial charge in [0.05, 0.1) is 17.3 Å². The number of carbonyl (C=O) groups excluding carboxylic acids is 1. The van der Waals surface area contributed by atoms with Gasteiger partial charge in [0.25, 0.3) is 0 Å². The fraction of sp³-hybridized carbons (Fsp3) is 0.250. The monoisotopic (exact) mass is 373 g/mol. The first kappa shape index (κ1) is 16.6. The van der Waals surface area contributed by atoms with Gasteiger partial charge in [-0.1, -0.05) is 24.3 Å². The molecule has 0 unspecified atom stereocenters. The van der Waals surface area contributed by atoms with Crippen LogP contribution in [-0.2, 0) is 14.1 Å². The molecule has 0 amide bonds. The van der Waals surface area contributed by atoms with E-state index in [0.717, 1.165) is 58.7 Å². The van der Waals surface area contributed by atoms with Gasteiger partial charge in [0.15, 0.2) is 5.65 Å². The molecular formula is C20H19N7O. The quantitative estimate of drug-likeness (QED) is 0.511. The lowest BCUT2D eigenvalue weighted by Gasteiger charge is -2.32. The molecule has 8 heteroatoms. The molecule has 1 aliphatic heterocycles. The molecule has 0 radical (unpaired) electrons. The van der Waals surface area contributed by atoms with E-state index in [4.69, 9.17) is 5.10 Å². The summed E-state index contributed by atoms with van der Waals surface area (Å²) < 4.78 is 3.63. The fourth-order valence-electron chi connectivity index (χ4n) is 3.70. The largest absolute Gasteiger partial charge is 0.356 e. The first-order valence-corrected chi connectivity index (χ1v) is 9.18. The summed E-state index contributed by atoms with van der Waals surface area (Å²) in [4.78, 5) is 22.3. The van der Waals surface area contributed by atoms with Crippen molar-refractivity contribution in [2.45, 2.75) is 6.42 Å². The number of carbonyl (C=O) groups is 1. The molecule has 0 spiro atoms. The van der Waals surface area contributed by atoms with Crippen LogP contribution in [0.4, 0.5) is 5.82 Å². The van der Waals surface area contributed by atoms with E-state index in [2.05, 4.69) is 20.0 Å². The maximum absolute atomic E-state index is 11.0. The van der Waals surface area contributed by atoms with E-state index in [9.17, 15) is 4.79 Å². The van der Waals surface area contributed by atoms with Gasteiger partial charge in [-0.15, -0.1) is 0 Å². The summed E-state index contributed by atoms with van der Waals surface area (Å²) in [7, 11) is 3.80. The van der Waals surface area contributed by atoms with Crippen molar-refractivity contribution in [2.24, 2.45) is 14.1 Å². The van der Waals surface area contributed by atoms with Gasteiger partial charge in [0.2, 0.25) is 0 Å². The molecule has 1 saturated heterocycles. The highest BCUT2D eigenvalue weighted by molar-refractivity contribution is 6.02. The molecule has 0 bridgehead atoms. The second kappa shape index (κ2) is 6.26. The van der Waals surface area contributed by atoms with Crippen molar-refractivity contribution in [2.75, 3.05) is 18.0 Å². The molecule has 0 atom stereocenters. The lowest BCUT2D eigenvalue weighted by Crippen LogP contribution is -2.37. The van der Waals surface area contributed by atoms with Crippen molar-refractivity contribution in [3.63, 3.8) is 0 Å². The minimum absolute atomic E-state index is 0.643. The zero-order valence-electron chi connectivity index (χ0n) is 15.7. The highest BCUT2D eigenvalue weighted by Gasteiger charge is 2.26. The maximum atomic E-state index is 11.0. The molecule has 0 aliphatic carbocycles. The first-order chi connectivity index (χ1) is 13.7. The van der Waals surface area contributed by atoms with Crippen LogP contribution in [0, 0.1) is 0 Å². The van der Waals surface area contributed by atoms with Crippen molar-refractivity contribution in [1.82, 2.24) is 29.5 Å². The average molecular weight is 373 g/mol. The Morgan fingerprint density at radius 3 is 2.50 bits per heavy atom. The van der Waals surface area contributed by atoms with E-state index in [1.54, 1.807) is 11.0 Å².